The Morgan fingerprint density at radius 3 is 2.33 bits per heavy atom. The number of alkyl halides is 3. The summed E-state index contributed by atoms with van der Waals surface area (Å²) in [5.41, 5.74) is -0.698. The molecule has 1 amide bonds. The van der Waals surface area contributed by atoms with Crippen LogP contribution in [0.2, 0.25) is 0 Å². The summed E-state index contributed by atoms with van der Waals surface area (Å²) in [6.45, 7) is 0.130. The van der Waals surface area contributed by atoms with Crippen molar-refractivity contribution in [1.29, 1.82) is 5.26 Å². The molecule has 2 fully saturated rings. The van der Waals surface area contributed by atoms with Crippen LogP contribution in [0.5, 0.6) is 5.75 Å². The number of hydrogen-bond donors (Lipinski definition) is 1. The molecule has 1 saturated heterocycles. The number of terminal acetylenes is 1. The molecule has 0 aromatic heterocycles. The first-order chi connectivity index (χ1) is 14.3. The summed E-state index contributed by atoms with van der Waals surface area (Å²) in [5, 5.41) is 12.5. The number of halogens is 3. The maximum absolute atomic E-state index is 12.6. The second kappa shape index (κ2) is 9.40. The minimum absolute atomic E-state index is 0.0668. The Morgan fingerprint density at radius 2 is 1.77 bits per heavy atom. The van der Waals surface area contributed by atoms with Gasteiger partial charge in [0.05, 0.1) is 30.3 Å². The zero-order valence-electron chi connectivity index (χ0n) is 16.5. The van der Waals surface area contributed by atoms with Gasteiger partial charge in [-0.15, -0.1) is 6.42 Å². The van der Waals surface area contributed by atoms with Crippen LogP contribution in [0.3, 0.4) is 0 Å². The molecule has 1 saturated carbocycles. The topological polar surface area (TPSA) is 65.4 Å². The molecule has 1 N–H and O–H groups in total. The fraction of sp³-hybridized carbons (Fsp3) is 0.545. The predicted molar refractivity (Wildman–Crippen MR) is 104 cm³/mol. The molecule has 1 aliphatic heterocycles. The van der Waals surface area contributed by atoms with E-state index in [2.05, 4.69) is 17.3 Å². The molecule has 1 heterocycles. The van der Waals surface area contributed by atoms with E-state index in [1.165, 1.54) is 17.0 Å². The summed E-state index contributed by atoms with van der Waals surface area (Å²) < 4.78 is 43.7. The van der Waals surface area contributed by atoms with Gasteiger partial charge in [-0.2, -0.15) is 18.4 Å². The third kappa shape index (κ3) is 5.25. The minimum Gasteiger partial charge on any atom is -0.490 e. The van der Waals surface area contributed by atoms with Gasteiger partial charge in [-0.1, -0.05) is 5.92 Å². The normalized spacial score (nSPS) is 26.6. The summed E-state index contributed by atoms with van der Waals surface area (Å²) in [7, 11) is 0. The van der Waals surface area contributed by atoms with Crippen molar-refractivity contribution in [3.63, 3.8) is 0 Å². The van der Waals surface area contributed by atoms with E-state index in [1.54, 1.807) is 0 Å². The van der Waals surface area contributed by atoms with Crippen molar-refractivity contribution < 1.29 is 22.7 Å². The fourth-order valence-corrected chi connectivity index (χ4v) is 4.07. The van der Waals surface area contributed by atoms with Crippen molar-refractivity contribution in [1.82, 2.24) is 10.2 Å². The fourth-order valence-electron chi connectivity index (χ4n) is 4.07. The number of nitriles is 1. The van der Waals surface area contributed by atoms with Gasteiger partial charge in [0, 0.05) is 6.04 Å². The highest BCUT2D eigenvalue weighted by molar-refractivity contribution is 5.80. The van der Waals surface area contributed by atoms with Crippen LogP contribution in [-0.4, -0.2) is 41.6 Å². The lowest BCUT2D eigenvalue weighted by atomic mass is 9.93. The summed E-state index contributed by atoms with van der Waals surface area (Å²) >= 11 is 0. The summed E-state index contributed by atoms with van der Waals surface area (Å²) in [6.07, 6.45) is 5.37. The average molecular weight is 419 g/mol. The van der Waals surface area contributed by atoms with E-state index in [1.807, 2.05) is 0 Å². The Morgan fingerprint density at radius 1 is 1.13 bits per heavy atom. The van der Waals surface area contributed by atoms with Gasteiger partial charge in [-0.25, -0.2) is 0 Å². The molecule has 0 spiro atoms. The van der Waals surface area contributed by atoms with Gasteiger partial charge in [-0.05, 0) is 62.8 Å². The standard InChI is InChI=1S/C22H24F3N3O2/c1-2-17-7-8-18(13-26)28(17)21(29)14-27-16-5-11-20(12-6-16)30-19-9-3-15(4-10-19)22(23,24)25/h1,3-4,9-10,16-18,20,27H,5-8,11-12,14H2/t16-,17-,18-,20-/m0/s1. The number of rotatable bonds is 5. The van der Waals surface area contributed by atoms with Gasteiger partial charge < -0.3 is 15.0 Å². The SMILES string of the molecule is C#C[C@H]1CC[C@@H](C#N)N1C(=O)CN[C@H]1CC[C@H](Oc2ccc(C(F)(F)F)cc2)CC1. The van der Waals surface area contributed by atoms with Crippen molar-refractivity contribution in [3.8, 4) is 24.2 Å². The number of carbonyl (C=O) groups excluding carboxylic acids is 1. The monoisotopic (exact) mass is 419 g/mol. The van der Waals surface area contributed by atoms with Crippen molar-refractivity contribution in [3.05, 3.63) is 29.8 Å². The highest BCUT2D eigenvalue weighted by atomic mass is 19.4. The van der Waals surface area contributed by atoms with Crippen LogP contribution < -0.4 is 10.1 Å². The van der Waals surface area contributed by atoms with Crippen LogP contribution in [0.25, 0.3) is 0 Å². The lowest BCUT2D eigenvalue weighted by Crippen LogP contribution is -2.47. The van der Waals surface area contributed by atoms with Crippen LogP contribution in [0.4, 0.5) is 13.2 Å². The van der Waals surface area contributed by atoms with Crippen LogP contribution in [-0.2, 0) is 11.0 Å². The lowest BCUT2D eigenvalue weighted by Gasteiger charge is -2.30. The Kier molecular flexibility index (Phi) is 6.89. The molecule has 2 atom stereocenters. The van der Waals surface area contributed by atoms with Gasteiger partial charge in [-0.3, -0.25) is 4.79 Å². The van der Waals surface area contributed by atoms with E-state index in [-0.39, 0.29) is 30.6 Å². The number of nitrogens with one attached hydrogen (secondary N) is 1. The van der Waals surface area contributed by atoms with E-state index >= 15 is 0 Å². The molecule has 1 aromatic rings. The lowest BCUT2D eigenvalue weighted by molar-refractivity contribution is -0.137. The highest BCUT2D eigenvalue weighted by Crippen LogP contribution is 2.31. The number of carbonyl (C=O) groups is 1. The van der Waals surface area contributed by atoms with Gasteiger partial charge >= 0.3 is 6.18 Å². The second-order valence-corrected chi connectivity index (χ2v) is 7.70. The molecule has 30 heavy (non-hydrogen) atoms. The summed E-state index contributed by atoms with van der Waals surface area (Å²) in [6, 6.07) is 6.22. The molecular weight excluding hydrogens is 395 g/mol. The molecule has 1 aromatic carbocycles. The number of benzene rings is 1. The molecule has 0 radical (unpaired) electrons. The number of amides is 1. The molecule has 2 aliphatic rings. The highest BCUT2D eigenvalue weighted by Gasteiger charge is 2.36. The second-order valence-electron chi connectivity index (χ2n) is 7.70. The minimum atomic E-state index is -4.36. The molecule has 160 valence electrons. The number of likely N-dealkylation sites (tertiary alicyclic amines) is 1. The van der Waals surface area contributed by atoms with Crippen molar-refractivity contribution in [2.45, 2.75) is 68.9 Å². The van der Waals surface area contributed by atoms with E-state index < -0.39 is 17.8 Å². The first-order valence-corrected chi connectivity index (χ1v) is 10.1. The Balaban J connectivity index is 1.43. The number of hydrogen-bond acceptors (Lipinski definition) is 4. The molecule has 1 aliphatic carbocycles. The zero-order valence-corrected chi connectivity index (χ0v) is 16.5. The predicted octanol–water partition coefficient (Wildman–Crippen LogP) is 3.50. The Hall–Kier alpha value is -2.71. The quantitative estimate of drug-likeness (QED) is 0.742. The van der Waals surface area contributed by atoms with Gasteiger partial charge in [0.2, 0.25) is 5.91 Å². The number of ether oxygens (including phenoxy) is 1. The third-order valence-electron chi connectivity index (χ3n) is 5.72. The average Bonchev–Trinajstić information content (AvgIpc) is 3.16. The van der Waals surface area contributed by atoms with Crippen molar-refractivity contribution in [2.75, 3.05) is 6.54 Å². The van der Waals surface area contributed by atoms with Crippen molar-refractivity contribution >= 4 is 5.91 Å². The first kappa shape index (κ1) is 22.0. The number of nitrogens with zero attached hydrogens (tertiary/aromatic N) is 2. The Labute approximate surface area is 174 Å². The van der Waals surface area contributed by atoms with Crippen LogP contribution in [0.1, 0.15) is 44.1 Å². The van der Waals surface area contributed by atoms with Gasteiger partial charge in [0.25, 0.3) is 0 Å². The van der Waals surface area contributed by atoms with Crippen LogP contribution >= 0.6 is 0 Å². The zero-order chi connectivity index (χ0) is 21.7. The van der Waals surface area contributed by atoms with Gasteiger partial charge in [0.1, 0.15) is 11.8 Å². The van der Waals surface area contributed by atoms with E-state index in [9.17, 15) is 23.2 Å². The maximum atomic E-state index is 12.6. The molecular formula is C22H24F3N3O2. The first-order valence-electron chi connectivity index (χ1n) is 10.1. The maximum Gasteiger partial charge on any atom is 0.416 e. The van der Waals surface area contributed by atoms with E-state index in [0.717, 1.165) is 37.8 Å². The van der Waals surface area contributed by atoms with E-state index in [0.29, 0.717) is 18.6 Å². The van der Waals surface area contributed by atoms with Gasteiger partial charge in [0.15, 0.2) is 0 Å². The Bertz CT molecular complexity index is 796. The van der Waals surface area contributed by atoms with Crippen LogP contribution in [0, 0.1) is 23.7 Å². The van der Waals surface area contributed by atoms with Crippen LogP contribution in [0.15, 0.2) is 24.3 Å². The molecule has 0 bridgehead atoms. The summed E-state index contributed by atoms with van der Waals surface area (Å²) in [5.74, 6) is 2.85. The third-order valence-corrected chi connectivity index (χ3v) is 5.72. The molecule has 0 unspecified atom stereocenters. The molecule has 5 nitrogen and oxygen atoms in total. The molecule has 3 rings (SSSR count). The largest absolute Gasteiger partial charge is 0.490 e. The molecule has 8 heteroatoms. The smallest absolute Gasteiger partial charge is 0.416 e. The summed E-state index contributed by atoms with van der Waals surface area (Å²) in [4.78, 5) is 14.0. The van der Waals surface area contributed by atoms with E-state index in [4.69, 9.17) is 11.2 Å². The van der Waals surface area contributed by atoms with Crippen molar-refractivity contribution in [2.24, 2.45) is 0 Å².